The summed E-state index contributed by atoms with van der Waals surface area (Å²) in [5, 5.41) is 11.1. The van der Waals surface area contributed by atoms with Gasteiger partial charge in [0.1, 0.15) is 5.82 Å². The number of aryl methyl sites for hydroxylation is 1. The van der Waals surface area contributed by atoms with Gasteiger partial charge in [0.2, 0.25) is 5.91 Å². The molecule has 0 bridgehead atoms. The summed E-state index contributed by atoms with van der Waals surface area (Å²) in [6.07, 6.45) is 1.03. The number of benzene rings is 3. The van der Waals surface area contributed by atoms with Crippen molar-refractivity contribution in [1.82, 2.24) is 24.6 Å². The predicted molar refractivity (Wildman–Crippen MR) is 147 cm³/mol. The molecule has 1 aromatic heterocycles. The Labute approximate surface area is 229 Å². The van der Waals surface area contributed by atoms with E-state index in [2.05, 4.69) is 10.2 Å². The van der Waals surface area contributed by atoms with E-state index in [-0.39, 0.29) is 30.0 Å². The van der Waals surface area contributed by atoms with Gasteiger partial charge in [0, 0.05) is 48.3 Å². The maximum atomic E-state index is 13.3. The van der Waals surface area contributed by atoms with Crippen LogP contribution in [0.3, 0.4) is 0 Å². The molecule has 2 aliphatic heterocycles. The normalized spacial score (nSPS) is 15.3. The first kappa shape index (κ1) is 25.3. The maximum absolute atomic E-state index is 13.3. The smallest absolute Gasteiger partial charge is 0.261 e. The van der Waals surface area contributed by atoms with E-state index in [1.165, 1.54) is 16.7 Å². The van der Waals surface area contributed by atoms with Gasteiger partial charge in [-0.25, -0.2) is 0 Å². The van der Waals surface area contributed by atoms with Crippen molar-refractivity contribution in [3.8, 4) is 5.69 Å². The third kappa shape index (κ3) is 4.93. The lowest BCUT2D eigenvalue weighted by Crippen LogP contribution is -2.41. The molecule has 0 spiro atoms. The highest BCUT2D eigenvalue weighted by atomic mass is 32.2. The van der Waals surface area contributed by atoms with Crippen LogP contribution in [-0.2, 0) is 16.0 Å². The number of carbonyl (C=O) groups is 3. The van der Waals surface area contributed by atoms with Crippen LogP contribution in [0.1, 0.15) is 33.0 Å². The second-order valence-corrected chi connectivity index (χ2v) is 10.4. The number of rotatable bonds is 8. The van der Waals surface area contributed by atoms with Crippen molar-refractivity contribution in [2.45, 2.75) is 18.0 Å². The van der Waals surface area contributed by atoms with Crippen molar-refractivity contribution < 1.29 is 19.1 Å². The van der Waals surface area contributed by atoms with Gasteiger partial charge < -0.3 is 9.64 Å². The molecule has 3 aromatic carbocycles. The molecular formula is C29H27N5O4S. The zero-order valence-electron chi connectivity index (χ0n) is 21.3. The molecule has 1 fully saturated rings. The van der Waals surface area contributed by atoms with Crippen LogP contribution < -0.4 is 0 Å². The van der Waals surface area contributed by atoms with Gasteiger partial charge in [-0.3, -0.25) is 23.9 Å². The van der Waals surface area contributed by atoms with Crippen molar-refractivity contribution in [3.05, 3.63) is 83.7 Å². The summed E-state index contributed by atoms with van der Waals surface area (Å²) in [6.45, 7) is 2.58. The number of imide groups is 1. The molecule has 6 rings (SSSR count). The van der Waals surface area contributed by atoms with Crippen molar-refractivity contribution in [1.29, 1.82) is 0 Å². The molecule has 10 heteroatoms. The number of aromatic nitrogens is 3. The molecule has 0 atom stereocenters. The van der Waals surface area contributed by atoms with Gasteiger partial charge in [-0.15, -0.1) is 10.2 Å². The van der Waals surface area contributed by atoms with Crippen molar-refractivity contribution >= 4 is 40.3 Å². The lowest BCUT2D eigenvalue weighted by Gasteiger charge is -2.27. The molecule has 0 N–H and O–H groups in total. The Kier molecular flexibility index (Phi) is 7.12. The van der Waals surface area contributed by atoms with Crippen molar-refractivity contribution in [2.75, 3.05) is 38.6 Å². The summed E-state index contributed by atoms with van der Waals surface area (Å²) < 4.78 is 7.30. The Morgan fingerprint density at radius 1 is 0.872 bits per heavy atom. The number of amides is 3. The Morgan fingerprint density at radius 2 is 1.56 bits per heavy atom. The van der Waals surface area contributed by atoms with E-state index in [0.29, 0.717) is 61.3 Å². The van der Waals surface area contributed by atoms with Crippen LogP contribution in [0.5, 0.6) is 0 Å². The summed E-state index contributed by atoms with van der Waals surface area (Å²) in [5.74, 6) is 0.470. The molecule has 0 unspecified atom stereocenters. The Morgan fingerprint density at radius 3 is 2.26 bits per heavy atom. The second kappa shape index (κ2) is 11.0. The highest BCUT2D eigenvalue weighted by molar-refractivity contribution is 7.99. The van der Waals surface area contributed by atoms with E-state index in [9.17, 15) is 14.4 Å². The molecule has 3 heterocycles. The highest BCUT2D eigenvalue weighted by Gasteiger charge is 2.32. The SMILES string of the molecule is O=C(CSc1nnc(CCCN2C(=O)c3cccc4cccc(c34)C2=O)n1-c1ccccc1)N1CCOCC1. The first-order chi connectivity index (χ1) is 19.1. The molecule has 0 radical (unpaired) electrons. The fourth-order valence-electron chi connectivity index (χ4n) is 5.10. The number of morpholine rings is 1. The van der Waals surface area contributed by atoms with Gasteiger partial charge in [-0.05, 0) is 36.1 Å². The monoisotopic (exact) mass is 541 g/mol. The molecule has 1 saturated heterocycles. The molecule has 0 aliphatic carbocycles. The molecular weight excluding hydrogens is 514 g/mol. The van der Waals surface area contributed by atoms with Crippen LogP contribution in [0.15, 0.2) is 71.9 Å². The molecule has 2 aliphatic rings. The minimum atomic E-state index is -0.272. The number of hydrogen-bond acceptors (Lipinski definition) is 7. The van der Waals surface area contributed by atoms with Gasteiger partial charge in [0.05, 0.1) is 19.0 Å². The highest BCUT2D eigenvalue weighted by Crippen LogP contribution is 2.30. The Hall–Kier alpha value is -4.02. The summed E-state index contributed by atoms with van der Waals surface area (Å²) >= 11 is 1.35. The predicted octanol–water partition coefficient (Wildman–Crippen LogP) is 3.60. The molecule has 9 nitrogen and oxygen atoms in total. The molecule has 198 valence electrons. The van der Waals surface area contributed by atoms with Gasteiger partial charge in [-0.1, -0.05) is 54.2 Å². The zero-order chi connectivity index (χ0) is 26.8. The number of carbonyl (C=O) groups excluding carboxylic acids is 3. The van der Waals surface area contributed by atoms with E-state index in [1.54, 1.807) is 12.1 Å². The molecule has 4 aromatic rings. The first-order valence-corrected chi connectivity index (χ1v) is 14.0. The van der Waals surface area contributed by atoms with E-state index < -0.39 is 0 Å². The van der Waals surface area contributed by atoms with Gasteiger partial charge >= 0.3 is 0 Å². The Bertz CT molecular complexity index is 1500. The molecule has 39 heavy (non-hydrogen) atoms. The van der Waals surface area contributed by atoms with Gasteiger partial charge in [0.25, 0.3) is 11.8 Å². The maximum Gasteiger partial charge on any atom is 0.261 e. The lowest BCUT2D eigenvalue weighted by atomic mass is 9.94. The fourth-order valence-corrected chi connectivity index (χ4v) is 5.97. The van der Waals surface area contributed by atoms with Crippen LogP contribution in [0.4, 0.5) is 0 Å². The number of nitrogens with zero attached hydrogens (tertiary/aromatic N) is 5. The summed E-state index contributed by atoms with van der Waals surface area (Å²) in [4.78, 5) is 42.4. The van der Waals surface area contributed by atoms with Crippen LogP contribution in [0.2, 0.25) is 0 Å². The van der Waals surface area contributed by atoms with Crippen LogP contribution in [-0.4, -0.2) is 80.9 Å². The van der Waals surface area contributed by atoms with E-state index in [4.69, 9.17) is 4.74 Å². The van der Waals surface area contributed by atoms with Crippen molar-refractivity contribution in [3.63, 3.8) is 0 Å². The Balaban J connectivity index is 1.18. The van der Waals surface area contributed by atoms with E-state index in [1.807, 2.05) is 64.1 Å². The van der Waals surface area contributed by atoms with Crippen LogP contribution in [0, 0.1) is 0 Å². The average Bonchev–Trinajstić information content (AvgIpc) is 3.39. The fraction of sp³-hybridized carbons (Fsp3) is 0.276. The number of hydrogen-bond donors (Lipinski definition) is 0. The first-order valence-electron chi connectivity index (χ1n) is 13.0. The largest absolute Gasteiger partial charge is 0.378 e. The summed E-state index contributed by atoms with van der Waals surface area (Å²) in [5.41, 5.74) is 2.00. The minimum absolute atomic E-state index is 0.0462. The summed E-state index contributed by atoms with van der Waals surface area (Å²) in [6, 6.07) is 20.8. The van der Waals surface area contributed by atoms with E-state index in [0.717, 1.165) is 16.5 Å². The topological polar surface area (TPSA) is 97.6 Å². The number of ether oxygens (including phenoxy) is 1. The van der Waals surface area contributed by atoms with Gasteiger partial charge in [-0.2, -0.15) is 0 Å². The third-order valence-electron chi connectivity index (χ3n) is 7.04. The van der Waals surface area contributed by atoms with Gasteiger partial charge in [0.15, 0.2) is 5.16 Å². The standard InChI is InChI=1S/C29H27N5O4S/c35-25(32-15-17-38-18-16-32)19-39-29-31-30-24(34(29)21-9-2-1-3-10-21)13-6-14-33-27(36)22-11-4-7-20-8-5-12-23(26(20)22)28(33)37/h1-5,7-12H,6,13-19H2. The lowest BCUT2D eigenvalue weighted by molar-refractivity contribution is -0.132. The van der Waals surface area contributed by atoms with Crippen molar-refractivity contribution in [2.24, 2.45) is 0 Å². The second-order valence-electron chi connectivity index (χ2n) is 9.43. The third-order valence-corrected chi connectivity index (χ3v) is 7.95. The minimum Gasteiger partial charge on any atom is -0.378 e. The van der Waals surface area contributed by atoms with Crippen LogP contribution in [0.25, 0.3) is 16.5 Å². The average molecular weight is 542 g/mol. The molecule has 3 amide bonds. The van der Waals surface area contributed by atoms with Crippen LogP contribution >= 0.6 is 11.8 Å². The summed E-state index contributed by atoms with van der Waals surface area (Å²) in [7, 11) is 0. The number of thioether (sulfide) groups is 1. The molecule has 0 saturated carbocycles. The number of para-hydroxylation sites is 1. The zero-order valence-corrected chi connectivity index (χ0v) is 22.1. The van der Waals surface area contributed by atoms with E-state index >= 15 is 0 Å². The quantitative estimate of drug-likeness (QED) is 0.248.